The Morgan fingerprint density at radius 2 is 2.29 bits per heavy atom. The van der Waals surface area contributed by atoms with Gasteiger partial charge in [0.05, 0.1) is 6.54 Å². The maximum Gasteiger partial charge on any atom is 0.322 e. The molecule has 3 N–H and O–H groups in total. The summed E-state index contributed by atoms with van der Waals surface area (Å²) < 4.78 is 0. The van der Waals surface area contributed by atoms with Crippen LogP contribution in [0.1, 0.15) is 5.56 Å². The number of carboxylic acids is 1. The molecule has 2 rings (SSSR count). The molecule has 1 atom stereocenters. The molecule has 0 spiro atoms. The topological polar surface area (TPSA) is 81.7 Å². The summed E-state index contributed by atoms with van der Waals surface area (Å²) in [4.78, 5) is 24.9. The molecule has 6 nitrogen and oxygen atoms in total. The van der Waals surface area contributed by atoms with Gasteiger partial charge in [0.1, 0.15) is 6.04 Å². The molecule has 1 aliphatic heterocycles. The molecule has 1 aromatic carbocycles. The Morgan fingerprint density at radius 3 is 3.00 bits per heavy atom. The van der Waals surface area contributed by atoms with Crippen molar-refractivity contribution in [2.45, 2.75) is 13.0 Å². The number of nitrogens with zero attached hydrogens (tertiary/aromatic N) is 1. The van der Waals surface area contributed by atoms with Crippen molar-refractivity contribution in [1.29, 1.82) is 0 Å². The standard InChI is InChI=1S/C14H18ClN3O3/c1-9-10(15)3-2-4-11(9)17-13(19)8-18-6-5-16-7-12(18)14(20)21/h2-4,12,16H,5-8H2,1H3,(H,17,19)(H,20,21). The highest BCUT2D eigenvalue weighted by Crippen LogP contribution is 2.22. The summed E-state index contributed by atoms with van der Waals surface area (Å²) in [6, 6.07) is 4.61. The highest BCUT2D eigenvalue weighted by Gasteiger charge is 2.29. The lowest BCUT2D eigenvalue weighted by molar-refractivity contribution is -0.144. The maximum atomic E-state index is 12.1. The molecule has 0 radical (unpaired) electrons. The average Bonchev–Trinajstić information content (AvgIpc) is 2.44. The number of halogens is 1. The lowest BCUT2D eigenvalue weighted by Crippen LogP contribution is -2.56. The number of benzene rings is 1. The number of carbonyl (C=O) groups is 2. The minimum absolute atomic E-state index is 0.0462. The second-order valence-corrected chi connectivity index (χ2v) is 5.40. The van der Waals surface area contributed by atoms with Crippen molar-refractivity contribution in [3.8, 4) is 0 Å². The molecule has 1 unspecified atom stereocenters. The van der Waals surface area contributed by atoms with Crippen LogP contribution in [0.25, 0.3) is 0 Å². The maximum absolute atomic E-state index is 12.1. The normalized spacial score (nSPS) is 19.2. The highest BCUT2D eigenvalue weighted by molar-refractivity contribution is 6.31. The van der Waals surface area contributed by atoms with Gasteiger partial charge in [-0.1, -0.05) is 17.7 Å². The van der Waals surface area contributed by atoms with Gasteiger partial charge in [-0.2, -0.15) is 0 Å². The molecule has 0 aromatic heterocycles. The zero-order valence-electron chi connectivity index (χ0n) is 11.7. The number of hydrogen-bond donors (Lipinski definition) is 3. The van der Waals surface area contributed by atoms with Crippen LogP contribution in [0.4, 0.5) is 5.69 Å². The summed E-state index contributed by atoms with van der Waals surface area (Å²) in [5, 5.41) is 15.5. The van der Waals surface area contributed by atoms with E-state index in [9.17, 15) is 9.59 Å². The third-order valence-corrected chi connectivity index (χ3v) is 3.94. The highest BCUT2D eigenvalue weighted by atomic mass is 35.5. The molecule has 1 saturated heterocycles. The molecule has 0 bridgehead atoms. The number of anilines is 1. The molecule has 1 aromatic rings. The number of rotatable bonds is 4. The molecule has 7 heteroatoms. The first-order chi connectivity index (χ1) is 9.99. The zero-order valence-corrected chi connectivity index (χ0v) is 12.5. The monoisotopic (exact) mass is 311 g/mol. The number of carbonyl (C=O) groups excluding carboxylic acids is 1. The van der Waals surface area contributed by atoms with Crippen molar-refractivity contribution in [3.63, 3.8) is 0 Å². The van der Waals surface area contributed by atoms with Crippen molar-refractivity contribution >= 4 is 29.2 Å². The van der Waals surface area contributed by atoms with Gasteiger partial charge in [-0.05, 0) is 24.6 Å². The Labute approximate surface area is 128 Å². The fraction of sp³-hybridized carbons (Fsp3) is 0.429. The molecule has 1 heterocycles. The summed E-state index contributed by atoms with van der Waals surface area (Å²) in [6.45, 7) is 3.42. The summed E-state index contributed by atoms with van der Waals surface area (Å²) in [5.41, 5.74) is 1.44. The van der Waals surface area contributed by atoms with E-state index < -0.39 is 12.0 Å². The van der Waals surface area contributed by atoms with E-state index in [-0.39, 0.29) is 12.5 Å². The van der Waals surface area contributed by atoms with Gasteiger partial charge in [0.25, 0.3) is 0 Å². The van der Waals surface area contributed by atoms with Crippen LogP contribution in [0.5, 0.6) is 0 Å². The van der Waals surface area contributed by atoms with E-state index in [2.05, 4.69) is 10.6 Å². The lowest BCUT2D eigenvalue weighted by atomic mass is 10.2. The molecular weight excluding hydrogens is 294 g/mol. The van der Waals surface area contributed by atoms with E-state index in [1.54, 1.807) is 23.1 Å². The summed E-state index contributed by atoms with van der Waals surface area (Å²) in [7, 11) is 0. The third-order valence-electron chi connectivity index (χ3n) is 3.53. The minimum Gasteiger partial charge on any atom is -0.480 e. The van der Waals surface area contributed by atoms with Crippen molar-refractivity contribution in [2.24, 2.45) is 0 Å². The fourth-order valence-corrected chi connectivity index (χ4v) is 2.47. The predicted molar refractivity (Wildman–Crippen MR) is 80.7 cm³/mol. The Balaban J connectivity index is 2.00. The van der Waals surface area contributed by atoms with E-state index in [4.69, 9.17) is 16.7 Å². The largest absolute Gasteiger partial charge is 0.480 e. The Morgan fingerprint density at radius 1 is 1.52 bits per heavy atom. The van der Waals surface area contributed by atoms with E-state index >= 15 is 0 Å². The summed E-state index contributed by atoms with van der Waals surface area (Å²) in [6.07, 6.45) is 0. The second kappa shape index (κ2) is 6.89. The van der Waals surface area contributed by atoms with Crippen molar-refractivity contribution < 1.29 is 14.7 Å². The number of carboxylic acid groups (broad SMARTS) is 1. The van der Waals surface area contributed by atoms with Crippen molar-refractivity contribution in [3.05, 3.63) is 28.8 Å². The van der Waals surface area contributed by atoms with Crippen molar-refractivity contribution in [2.75, 3.05) is 31.5 Å². The van der Waals surface area contributed by atoms with E-state index in [0.29, 0.717) is 30.3 Å². The average molecular weight is 312 g/mol. The van der Waals surface area contributed by atoms with Crippen molar-refractivity contribution in [1.82, 2.24) is 10.2 Å². The molecule has 1 fully saturated rings. The number of piperazine rings is 1. The first-order valence-electron chi connectivity index (χ1n) is 6.71. The first kappa shape index (κ1) is 15.8. The molecule has 1 amide bonds. The van der Waals surface area contributed by atoms with Crippen LogP contribution in [0.3, 0.4) is 0 Å². The fourth-order valence-electron chi connectivity index (χ4n) is 2.30. The van der Waals surface area contributed by atoms with Crippen LogP contribution < -0.4 is 10.6 Å². The third kappa shape index (κ3) is 3.93. The molecule has 114 valence electrons. The number of nitrogens with one attached hydrogen (secondary N) is 2. The van der Waals surface area contributed by atoms with Crippen LogP contribution in [0.2, 0.25) is 5.02 Å². The lowest BCUT2D eigenvalue weighted by Gasteiger charge is -2.32. The minimum atomic E-state index is -0.922. The van der Waals surface area contributed by atoms with Gasteiger partial charge in [-0.15, -0.1) is 0 Å². The van der Waals surface area contributed by atoms with Crippen LogP contribution in [-0.2, 0) is 9.59 Å². The van der Waals surface area contributed by atoms with Gasteiger partial charge in [0, 0.05) is 30.3 Å². The van der Waals surface area contributed by atoms with E-state index in [1.807, 2.05) is 6.92 Å². The Hall–Kier alpha value is -1.63. The molecule has 0 aliphatic carbocycles. The molecule has 21 heavy (non-hydrogen) atoms. The van der Waals surface area contributed by atoms with Crippen LogP contribution in [0, 0.1) is 6.92 Å². The SMILES string of the molecule is Cc1c(Cl)cccc1NC(=O)CN1CCNCC1C(=O)O. The van der Waals surface area contributed by atoms with Gasteiger partial charge in [0.2, 0.25) is 5.91 Å². The van der Waals surface area contributed by atoms with E-state index in [1.165, 1.54) is 0 Å². The quantitative estimate of drug-likeness (QED) is 0.771. The number of aliphatic carboxylic acids is 1. The Kier molecular flexibility index (Phi) is 5.17. The number of amides is 1. The molecule has 1 aliphatic rings. The molecule has 0 saturated carbocycles. The molecular formula is C14H18ClN3O3. The predicted octanol–water partition coefficient (Wildman–Crippen LogP) is 0.945. The summed E-state index contributed by atoms with van der Waals surface area (Å²) in [5.74, 6) is -1.16. The van der Waals surface area contributed by atoms with Crippen LogP contribution in [-0.4, -0.2) is 54.1 Å². The number of hydrogen-bond acceptors (Lipinski definition) is 4. The van der Waals surface area contributed by atoms with Gasteiger partial charge < -0.3 is 15.7 Å². The van der Waals surface area contributed by atoms with Gasteiger partial charge >= 0.3 is 5.97 Å². The van der Waals surface area contributed by atoms with Gasteiger partial charge in [0.15, 0.2) is 0 Å². The van der Waals surface area contributed by atoms with Gasteiger partial charge in [-0.3, -0.25) is 14.5 Å². The van der Waals surface area contributed by atoms with Crippen LogP contribution in [0.15, 0.2) is 18.2 Å². The first-order valence-corrected chi connectivity index (χ1v) is 7.09. The zero-order chi connectivity index (χ0) is 15.4. The Bertz CT molecular complexity index is 550. The second-order valence-electron chi connectivity index (χ2n) is 4.99. The van der Waals surface area contributed by atoms with Gasteiger partial charge in [-0.25, -0.2) is 0 Å². The summed E-state index contributed by atoms with van der Waals surface area (Å²) >= 11 is 6.01. The van der Waals surface area contributed by atoms with E-state index in [0.717, 1.165) is 5.56 Å². The smallest absolute Gasteiger partial charge is 0.322 e. The van der Waals surface area contributed by atoms with Crippen LogP contribution >= 0.6 is 11.6 Å².